The van der Waals surface area contributed by atoms with Crippen molar-refractivity contribution in [3.05, 3.63) is 47.6 Å². The van der Waals surface area contributed by atoms with Crippen LogP contribution in [0.2, 0.25) is 0 Å². The van der Waals surface area contributed by atoms with Gasteiger partial charge in [0.1, 0.15) is 18.1 Å². The number of nitrogens with one attached hydrogen (secondary N) is 3. The van der Waals surface area contributed by atoms with E-state index < -0.39 is 6.67 Å². The lowest BCUT2D eigenvalue weighted by Gasteiger charge is -2.20. The molecule has 0 atom stereocenters. The van der Waals surface area contributed by atoms with Crippen molar-refractivity contribution in [2.24, 2.45) is 0 Å². The molecule has 0 aromatic carbocycles. The van der Waals surface area contributed by atoms with E-state index >= 15 is 0 Å². The highest BCUT2D eigenvalue weighted by atomic mass is 19.1. The SMILES string of the molecule is CCOc1ncccc1-c1cc(NCc2cc(CF)on2)c(NC(C)C)c(C(C)=N)n1. The van der Waals surface area contributed by atoms with E-state index in [1.54, 1.807) is 19.2 Å². The van der Waals surface area contributed by atoms with E-state index in [2.05, 4.69) is 20.8 Å². The Labute approximate surface area is 180 Å². The number of alkyl halides is 1. The maximum atomic E-state index is 12.8. The van der Waals surface area contributed by atoms with Gasteiger partial charge in [-0.25, -0.2) is 14.4 Å². The van der Waals surface area contributed by atoms with E-state index in [1.165, 1.54) is 0 Å². The zero-order valence-corrected chi connectivity index (χ0v) is 18.1. The highest BCUT2D eigenvalue weighted by Crippen LogP contribution is 2.34. The van der Waals surface area contributed by atoms with Gasteiger partial charge in [0.05, 0.1) is 41.5 Å². The molecule has 0 bridgehead atoms. The number of nitrogens with zero attached hydrogens (tertiary/aromatic N) is 3. The second-order valence-electron chi connectivity index (χ2n) is 7.26. The Morgan fingerprint density at radius 3 is 2.77 bits per heavy atom. The monoisotopic (exact) mass is 426 g/mol. The molecule has 0 aliphatic rings. The minimum Gasteiger partial charge on any atom is -0.477 e. The number of anilines is 2. The van der Waals surface area contributed by atoms with Gasteiger partial charge in [0.25, 0.3) is 0 Å². The first-order valence-corrected chi connectivity index (χ1v) is 10.1. The molecule has 3 N–H and O–H groups in total. The summed E-state index contributed by atoms with van der Waals surface area (Å²) < 4.78 is 23.4. The number of halogens is 1. The summed E-state index contributed by atoms with van der Waals surface area (Å²) in [6.45, 7) is 7.71. The third kappa shape index (κ3) is 5.36. The molecule has 0 amide bonds. The van der Waals surface area contributed by atoms with Gasteiger partial charge in [-0.15, -0.1) is 0 Å². The Morgan fingerprint density at radius 2 is 2.13 bits per heavy atom. The van der Waals surface area contributed by atoms with E-state index in [4.69, 9.17) is 19.7 Å². The lowest BCUT2D eigenvalue weighted by atomic mass is 10.1. The van der Waals surface area contributed by atoms with E-state index in [0.717, 1.165) is 11.3 Å². The summed E-state index contributed by atoms with van der Waals surface area (Å²) in [4.78, 5) is 9.06. The molecule has 164 valence electrons. The molecule has 3 aromatic rings. The summed E-state index contributed by atoms with van der Waals surface area (Å²) >= 11 is 0. The van der Waals surface area contributed by atoms with Crippen LogP contribution < -0.4 is 15.4 Å². The lowest BCUT2D eigenvalue weighted by molar-refractivity contribution is 0.327. The second kappa shape index (κ2) is 10.0. The van der Waals surface area contributed by atoms with Crippen LogP contribution in [0.1, 0.15) is 44.8 Å². The van der Waals surface area contributed by atoms with E-state index in [9.17, 15) is 4.39 Å². The van der Waals surface area contributed by atoms with Crippen LogP contribution in [0.5, 0.6) is 5.88 Å². The van der Waals surface area contributed by atoms with Gasteiger partial charge in [0.15, 0.2) is 5.76 Å². The van der Waals surface area contributed by atoms with Gasteiger partial charge in [0, 0.05) is 18.3 Å². The summed E-state index contributed by atoms with van der Waals surface area (Å²) in [5.74, 6) is 0.658. The van der Waals surface area contributed by atoms with Crippen molar-refractivity contribution in [1.29, 1.82) is 5.41 Å². The molecule has 8 nitrogen and oxygen atoms in total. The minimum atomic E-state index is -0.703. The van der Waals surface area contributed by atoms with Gasteiger partial charge >= 0.3 is 0 Å². The number of rotatable bonds is 10. The Hall–Kier alpha value is -3.49. The van der Waals surface area contributed by atoms with Crippen LogP contribution in [0.25, 0.3) is 11.3 Å². The van der Waals surface area contributed by atoms with Crippen LogP contribution in [-0.4, -0.2) is 33.5 Å². The number of pyridine rings is 2. The highest BCUT2D eigenvalue weighted by Gasteiger charge is 2.19. The second-order valence-corrected chi connectivity index (χ2v) is 7.26. The number of hydrogen-bond donors (Lipinski definition) is 3. The van der Waals surface area contributed by atoms with Crippen molar-refractivity contribution in [3.8, 4) is 17.1 Å². The highest BCUT2D eigenvalue weighted by molar-refractivity contribution is 6.03. The normalized spacial score (nSPS) is 10.9. The average Bonchev–Trinajstić information content (AvgIpc) is 3.21. The molecule has 31 heavy (non-hydrogen) atoms. The van der Waals surface area contributed by atoms with Crippen LogP contribution in [0.3, 0.4) is 0 Å². The topological polar surface area (TPSA) is 109 Å². The quantitative estimate of drug-likeness (QED) is 0.399. The predicted octanol–water partition coefficient (Wildman–Crippen LogP) is 4.82. The Balaban J connectivity index is 2.08. The first-order chi connectivity index (χ1) is 14.9. The molecule has 3 rings (SSSR count). The summed E-state index contributed by atoms with van der Waals surface area (Å²) in [5, 5.41) is 18.9. The van der Waals surface area contributed by atoms with Crippen molar-refractivity contribution < 1.29 is 13.7 Å². The van der Waals surface area contributed by atoms with Crippen molar-refractivity contribution in [3.63, 3.8) is 0 Å². The predicted molar refractivity (Wildman–Crippen MR) is 119 cm³/mol. The fraction of sp³-hybridized carbons (Fsp3) is 0.364. The van der Waals surface area contributed by atoms with Gasteiger partial charge in [-0.3, -0.25) is 0 Å². The van der Waals surface area contributed by atoms with E-state index in [0.29, 0.717) is 47.5 Å². The van der Waals surface area contributed by atoms with Crippen LogP contribution in [0.4, 0.5) is 15.8 Å². The van der Waals surface area contributed by atoms with Crippen LogP contribution in [0, 0.1) is 5.41 Å². The summed E-state index contributed by atoms with van der Waals surface area (Å²) in [5.41, 5.74) is 4.21. The molecule has 0 saturated carbocycles. The maximum absolute atomic E-state index is 12.8. The van der Waals surface area contributed by atoms with Gasteiger partial charge in [-0.05, 0) is 45.9 Å². The fourth-order valence-corrected chi connectivity index (χ4v) is 3.05. The van der Waals surface area contributed by atoms with Crippen molar-refractivity contribution >= 4 is 17.1 Å². The zero-order chi connectivity index (χ0) is 22.4. The van der Waals surface area contributed by atoms with Gasteiger partial charge < -0.3 is 25.3 Å². The number of ether oxygens (including phenoxy) is 1. The molecule has 0 saturated heterocycles. The van der Waals surface area contributed by atoms with Gasteiger partial charge in [-0.1, -0.05) is 5.16 Å². The molecule has 0 aliphatic carbocycles. The molecule has 3 aromatic heterocycles. The lowest BCUT2D eigenvalue weighted by Crippen LogP contribution is -2.17. The van der Waals surface area contributed by atoms with Crippen LogP contribution in [-0.2, 0) is 13.2 Å². The molecular formula is C22H27FN6O2. The van der Waals surface area contributed by atoms with Crippen molar-refractivity contribution in [1.82, 2.24) is 15.1 Å². The largest absolute Gasteiger partial charge is 0.477 e. The minimum absolute atomic E-state index is 0.119. The smallest absolute Gasteiger partial charge is 0.222 e. The van der Waals surface area contributed by atoms with E-state index in [1.807, 2.05) is 39.0 Å². The van der Waals surface area contributed by atoms with Crippen molar-refractivity contribution in [2.45, 2.75) is 47.0 Å². The Bertz CT molecular complexity index is 1050. The van der Waals surface area contributed by atoms with E-state index in [-0.39, 0.29) is 11.8 Å². The molecule has 9 heteroatoms. The molecule has 0 aliphatic heterocycles. The fourth-order valence-electron chi connectivity index (χ4n) is 3.05. The maximum Gasteiger partial charge on any atom is 0.222 e. The molecule has 0 fully saturated rings. The standard InChI is InChI=1S/C22H27FN6O2/c1-5-30-22-17(7-6-8-25-22)18-10-19(26-12-15-9-16(11-23)31-29-15)21(27-13(2)3)20(28-18)14(4)24/h6-10,13,24,27H,5,11-12H2,1-4H3,(H,26,28). The molecule has 0 radical (unpaired) electrons. The average molecular weight is 426 g/mol. The summed E-state index contributed by atoms with van der Waals surface area (Å²) in [7, 11) is 0. The first-order valence-electron chi connectivity index (χ1n) is 10.1. The molecule has 3 heterocycles. The molecule has 0 unspecified atom stereocenters. The van der Waals surface area contributed by atoms with Crippen molar-refractivity contribution in [2.75, 3.05) is 17.2 Å². The summed E-state index contributed by atoms with van der Waals surface area (Å²) in [6, 6.07) is 7.27. The zero-order valence-electron chi connectivity index (χ0n) is 18.1. The number of hydrogen-bond acceptors (Lipinski definition) is 8. The Kier molecular flexibility index (Phi) is 7.17. The summed E-state index contributed by atoms with van der Waals surface area (Å²) in [6.07, 6.45) is 1.66. The third-order valence-electron chi connectivity index (χ3n) is 4.34. The molecular weight excluding hydrogens is 399 g/mol. The van der Waals surface area contributed by atoms with Crippen LogP contribution in [0.15, 0.2) is 35.0 Å². The third-order valence-corrected chi connectivity index (χ3v) is 4.34. The number of aromatic nitrogens is 3. The van der Waals surface area contributed by atoms with Gasteiger partial charge in [-0.2, -0.15) is 0 Å². The first kappa shape index (κ1) is 22.2. The molecule has 0 spiro atoms. The van der Waals surface area contributed by atoms with Crippen LogP contribution >= 0.6 is 0 Å². The Morgan fingerprint density at radius 1 is 1.32 bits per heavy atom. The van der Waals surface area contributed by atoms with Gasteiger partial charge in [0.2, 0.25) is 5.88 Å².